The molecule has 8 heteroatoms. The molecule has 0 aromatic heterocycles. The van der Waals surface area contributed by atoms with E-state index >= 15 is 0 Å². The molecule has 2 aromatic carbocycles. The lowest BCUT2D eigenvalue weighted by molar-refractivity contribution is -0.135. The molecular weight excluding hydrogens is 452 g/mol. The van der Waals surface area contributed by atoms with E-state index < -0.39 is 0 Å². The quantitative estimate of drug-likeness (QED) is 0.585. The number of urea groups is 1. The van der Waals surface area contributed by atoms with Gasteiger partial charge in [-0.1, -0.05) is 41.4 Å². The third-order valence-corrected chi connectivity index (χ3v) is 6.03. The third-order valence-electron chi connectivity index (χ3n) is 5.78. The zero-order valence-electron chi connectivity index (χ0n) is 20.3. The molecule has 0 bridgehead atoms. The number of carbonyl (C=O) groups is 2. The van der Waals surface area contributed by atoms with Crippen LogP contribution in [-0.4, -0.2) is 78.6 Å². The van der Waals surface area contributed by atoms with Gasteiger partial charge in [-0.3, -0.25) is 9.69 Å². The largest absolute Gasteiger partial charge is 0.484 e. The molecule has 1 heterocycles. The highest BCUT2D eigenvalue weighted by atomic mass is 35.5. The summed E-state index contributed by atoms with van der Waals surface area (Å²) in [5.41, 5.74) is 2.31. The lowest BCUT2D eigenvalue weighted by Gasteiger charge is -2.36. The minimum atomic E-state index is -0.0521. The number of nitrogens with one attached hydrogen (secondary N) is 1. The summed E-state index contributed by atoms with van der Waals surface area (Å²) in [6.45, 7) is 10.8. The van der Waals surface area contributed by atoms with Gasteiger partial charge in [0.15, 0.2) is 6.61 Å². The summed E-state index contributed by atoms with van der Waals surface area (Å²) >= 11 is 5.88. The van der Waals surface area contributed by atoms with E-state index in [-0.39, 0.29) is 24.6 Å². The number of aryl methyl sites for hydroxylation is 1. The lowest BCUT2D eigenvalue weighted by Crippen LogP contribution is -2.52. The van der Waals surface area contributed by atoms with Crippen molar-refractivity contribution in [1.82, 2.24) is 20.0 Å². The van der Waals surface area contributed by atoms with Crippen molar-refractivity contribution in [2.45, 2.75) is 33.4 Å². The number of hydrogen-bond acceptors (Lipinski definition) is 4. The summed E-state index contributed by atoms with van der Waals surface area (Å²) < 4.78 is 5.59. The number of carbonyl (C=O) groups excluding carboxylic acids is 2. The minimum absolute atomic E-state index is 0.0152. The molecule has 0 atom stereocenters. The van der Waals surface area contributed by atoms with Crippen molar-refractivity contribution >= 4 is 23.5 Å². The fourth-order valence-corrected chi connectivity index (χ4v) is 3.88. The van der Waals surface area contributed by atoms with Crippen molar-refractivity contribution in [1.29, 1.82) is 0 Å². The number of nitrogens with zero attached hydrogens (tertiary/aromatic N) is 3. The van der Waals surface area contributed by atoms with Crippen molar-refractivity contribution in [2.24, 2.45) is 0 Å². The third kappa shape index (κ3) is 8.22. The highest BCUT2D eigenvalue weighted by Gasteiger charge is 2.23. The van der Waals surface area contributed by atoms with Gasteiger partial charge in [-0.25, -0.2) is 4.79 Å². The average molecular weight is 487 g/mol. The molecule has 1 aliphatic heterocycles. The van der Waals surface area contributed by atoms with Gasteiger partial charge in [-0.2, -0.15) is 0 Å². The van der Waals surface area contributed by atoms with E-state index in [2.05, 4.69) is 41.4 Å². The van der Waals surface area contributed by atoms with Gasteiger partial charge >= 0.3 is 6.03 Å². The first-order valence-electron chi connectivity index (χ1n) is 11.8. The van der Waals surface area contributed by atoms with Crippen molar-refractivity contribution in [3.63, 3.8) is 0 Å². The molecule has 3 rings (SSSR count). The molecule has 7 nitrogen and oxygen atoms in total. The van der Waals surface area contributed by atoms with Gasteiger partial charge in [0.1, 0.15) is 5.75 Å². The standard InChI is InChI=1S/C26H35ClN4O3/c1-20(2)28-26(33)31(18-22-6-4-21(3)5-7-22)17-14-29-12-15-30(16-13-29)25(32)19-34-24-10-8-23(27)9-11-24/h4-11,20H,12-19H2,1-3H3,(H,28,33). The monoisotopic (exact) mass is 486 g/mol. The number of rotatable bonds is 9. The molecule has 34 heavy (non-hydrogen) atoms. The molecule has 1 N–H and O–H groups in total. The molecule has 0 saturated carbocycles. The van der Waals surface area contributed by atoms with Gasteiger partial charge in [-0.15, -0.1) is 0 Å². The Balaban J connectivity index is 1.45. The summed E-state index contributed by atoms with van der Waals surface area (Å²) in [5.74, 6) is 0.608. The smallest absolute Gasteiger partial charge is 0.317 e. The average Bonchev–Trinajstić information content (AvgIpc) is 2.82. The van der Waals surface area contributed by atoms with Crippen LogP contribution in [0.2, 0.25) is 5.02 Å². The first-order chi connectivity index (χ1) is 16.3. The Hall–Kier alpha value is -2.77. The molecule has 1 aliphatic rings. The predicted molar refractivity (Wildman–Crippen MR) is 135 cm³/mol. The minimum Gasteiger partial charge on any atom is -0.484 e. The second-order valence-corrected chi connectivity index (χ2v) is 9.41. The van der Waals surface area contributed by atoms with Crippen LogP contribution in [0, 0.1) is 6.92 Å². The molecule has 0 aliphatic carbocycles. The van der Waals surface area contributed by atoms with Crippen LogP contribution in [0.4, 0.5) is 4.79 Å². The molecule has 0 radical (unpaired) electrons. The molecule has 3 amide bonds. The van der Waals surface area contributed by atoms with Crippen LogP contribution in [0.5, 0.6) is 5.75 Å². The number of halogens is 1. The summed E-state index contributed by atoms with van der Waals surface area (Å²) in [6.07, 6.45) is 0. The Morgan fingerprint density at radius 2 is 1.68 bits per heavy atom. The fourth-order valence-electron chi connectivity index (χ4n) is 3.75. The van der Waals surface area contributed by atoms with Crippen LogP contribution in [0.25, 0.3) is 0 Å². The summed E-state index contributed by atoms with van der Waals surface area (Å²) in [7, 11) is 0. The lowest BCUT2D eigenvalue weighted by atomic mass is 10.1. The van der Waals surface area contributed by atoms with Gasteiger partial charge in [0.25, 0.3) is 5.91 Å². The van der Waals surface area contributed by atoms with Crippen LogP contribution >= 0.6 is 11.6 Å². The van der Waals surface area contributed by atoms with E-state index in [0.29, 0.717) is 37.0 Å². The Kier molecular flexibility index (Phi) is 9.60. The molecule has 184 valence electrons. The first-order valence-corrected chi connectivity index (χ1v) is 12.2. The molecule has 0 spiro atoms. The maximum Gasteiger partial charge on any atom is 0.317 e. The number of hydrogen-bond donors (Lipinski definition) is 1. The van der Waals surface area contributed by atoms with Crippen LogP contribution in [0.3, 0.4) is 0 Å². The SMILES string of the molecule is Cc1ccc(CN(CCN2CCN(C(=O)COc3ccc(Cl)cc3)CC2)C(=O)NC(C)C)cc1. The molecule has 1 saturated heterocycles. The van der Waals surface area contributed by atoms with Crippen LogP contribution in [0.15, 0.2) is 48.5 Å². The normalized spacial score (nSPS) is 14.2. The first kappa shape index (κ1) is 25.8. The molecule has 0 unspecified atom stereocenters. The van der Waals surface area contributed by atoms with Crippen LogP contribution < -0.4 is 10.1 Å². The van der Waals surface area contributed by atoms with E-state index in [4.69, 9.17) is 16.3 Å². The number of amides is 3. The van der Waals surface area contributed by atoms with Gasteiger partial charge in [0.2, 0.25) is 0 Å². The zero-order valence-corrected chi connectivity index (χ0v) is 21.1. The Bertz CT molecular complexity index is 926. The zero-order chi connectivity index (χ0) is 24.5. The second-order valence-electron chi connectivity index (χ2n) is 8.98. The second kappa shape index (κ2) is 12.6. The maximum atomic E-state index is 12.8. The molecule has 1 fully saturated rings. The Morgan fingerprint density at radius 3 is 2.29 bits per heavy atom. The number of ether oxygens (including phenoxy) is 1. The topological polar surface area (TPSA) is 65.1 Å². The fraction of sp³-hybridized carbons (Fsp3) is 0.462. The van der Waals surface area contributed by atoms with E-state index in [1.54, 1.807) is 24.3 Å². The molecular formula is C26H35ClN4O3. The van der Waals surface area contributed by atoms with Crippen molar-refractivity contribution < 1.29 is 14.3 Å². The molecule has 2 aromatic rings. The van der Waals surface area contributed by atoms with Crippen LogP contribution in [0.1, 0.15) is 25.0 Å². The van der Waals surface area contributed by atoms with Crippen molar-refractivity contribution in [3.8, 4) is 5.75 Å². The van der Waals surface area contributed by atoms with Gasteiger partial charge in [0, 0.05) is 56.9 Å². The van der Waals surface area contributed by atoms with Gasteiger partial charge < -0.3 is 19.9 Å². The van der Waals surface area contributed by atoms with E-state index in [1.807, 2.05) is 23.6 Å². The summed E-state index contributed by atoms with van der Waals surface area (Å²) in [4.78, 5) is 31.3. The summed E-state index contributed by atoms with van der Waals surface area (Å²) in [6, 6.07) is 15.3. The Labute approximate surface area is 207 Å². The Morgan fingerprint density at radius 1 is 1.03 bits per heavy atom. The van der Waals surface area contributed by atoms with E-state index in [1.165, 1.54) is 5.56 Å². The van der Waals surface area contributed by atoms with E-state index in [0.717, 1.165) is 25.2 Å². The predicted octanol–water partition coefficient (Wildman–Crippen LogP) is 3.79. The highest BCUT2D eigenvalue weighted by molar-refractivity contribution is 6.30. The highest BCUT2D eigenvalue weighted by Crippen LogP contribution is 2.16. The van der Waals surface area contributed by atoms with Gasteiger partial charge in [-0.05, 0) is 50.6 Å². The number of piperazine rings is 1. The van der Waals surface area contributed by atoms with Crippen LogP contribution in [-0.2, 0) is 11.3 Å². The van der Waals surface area contributed by atoms with E-state index in [9.17, 15) is 9.59 Å². The van der Waals surface area contributed by atoms with Gasteiger partial charge in [0.05, 0.1) is 0 Å². The maximum absolute atomic E-state index is 12.8. The van der Waals surface area contributed by atoms with Crippen molar-refractivity contribution in [2.75, 3.05) is 45.9 Å². The number of benzene rings is 2. The van der Waals surface area contributed by atoms with Crippen molar-refractivity contribution in [3.05, 3.63) is 64.7 Å². The summed E-state index contributed by atoms with van der Waals surface area (Å²) in [5, 5.41) is 3.64.